The molecular weight excluding hydrogens is 291 g/mol. The SMILES string of the molecule is CCCNCc1ccc(F)c(S(=O)(=O)N(C)C2CCC2)c1. The molecule has 4 nitrogen and oxygen atoms in total. The fraction of sp³-hybridized carbons (Fsp3) is 0.600. The van der Waals surface area contributed by atoms with E-state index in [2.05, 4.69) is 12.2 Å². The van der Waals surface area contributed by atoms with Crippen molar-refractivity contribution in [1.82, 2.24) is 9.62 Å². The molecule has 1 aromatic carbocycles. The normalized spacial score (nSPS) is 16.2. The maximum absolute atomic E-state index is 14.0. The molecule has 6 heteroatoms. The van der Waals surface area contributed by atoms with Crippen molar-refractivity contribution in [2.45, 2.75) is 50.1 Å². The molecule has 21 heavy (non-hydrogen) atoms. The Kier molecular flexibility index (Phi) is 5.35. The van der Waals surface area contributed by atoms with Crippen LogP contribution >= 0.6 is 0 Å². The molecule has 1 aliphatic rings. The highest BCUT2D eigenvalue weighted by molar-refractivity contribution is 7.89. The fourth-order valence-corrected chi connectivity index (χ4v) is 3.89. The van der Waals surface area contributed by atoms with Crippen molar-refractivity contribution in [1.29, 1.82) is 0 Å². The Morgan fingerprint density at radius 3 is 2.67 bits per heavy atom. The Morgan fingerprint density at radius 2 is 2.10 bits per heavy atom. The van der Waals surface area contributed by atoms with E-state index in [1.807, 2.05) is 0 Å². The standard InChI is InChI=1S/C15H23FN2O2S/c1-3-9-17-11-12-7-8-14(16)15(10-12)21(19,20)18(2)13-5-4-6-13/h7-8,10,13,17H,3-6,9,11H2,1-2H3. The third kappa shape index (κ3) is 3.62. The number of nitrogens with zero attached hydrogens (tertiary/aromatic N) is 1. The summed E-state index contributed by atoms with van der Waals surface area (Å²) in [7, 11) is -2.21. The Hall–Kier alpha value is -0.980. The van der Waals surface area contributed by atoms with E-state index in [4.69, 9.17) is 0 Å². The smallest absolute Gasteiger partial charge is 0.245 e. The summed E-state index contributed by atoms with van der Waals surface area (Å²) in [5, 5.41) is 3.19. The molecule has 0 radical (unpaired) electrons. The zero-order valence-electron chi connectivity index (χ0n) is 12.6. The van der Waals surface area contributed by atoms with E-state index in [0.29, 0.717) is 6.54 Å². The zero-order chi connectivity index (χ0) is 15.5. The lowest BCUT2D eigenvalue weighted by Crippen LogP contribution is -2.41. The van der Waals surface area contributed by atoms with Gasteiger partial charge in [0.15, 0.2) is 0 Å². The van der Waals surface area contributed by atoms with Gasteiger partial charge in [0.1, 0.15) is 10.7 Å². The third-order valence-corrected chi connectivity index (χ3v) is 5.92. The van der Waals surface area contributed by atoms with Crippen LogP contribution in [-0.4, -0.2) is 32.4 Å². The summed E-state index contributed by atoms with van der Waals surface area (Å²) in [6, 6.07) is 4.32. The molecule has 0 aliphatic heterocycles. The van der Waals surface area contributed by atoms with E-state index in [0.717, 1.165) is 37.8 Å². The minimum absolute atomic E-state index is 0.0104. The first-order valence-electron chi connectivity index (χ1n) is 7.44. The lowest BCUT2D eigenvalue weighted by molar-refractivity contribution is 0.249. The highest BCUT2D eigenvalue weighted by Crippen LogP contribution is 2.29. The van der Waals surface area contributed by atoms with E-state index >= 15 is 0 Å². The maximum atomic E-state index is 14.0. The van der Waals surface area contributed by atoms with E-state index < -0.39 is 15.8 Å². The summed E-state index contributed by atoms with van der Waals surface area (Å²) in [6.45, 7) is 3.45. The molecule has 0 saturated heterocycles. The van der Waals surface area contributed by atoms with Crippen LogP contribution in [0.25, 0.3) is 0 Å². The van der Waals surface area contributed by atoms with Crippen molar-refractivity contribution >= 4 is 10.0 Å². The van der Waals surface area contributed by atoms with Gasteiger partial charge in [-0.2, -0.15) is 4.31 Å². The van der Waals surface area contributed by atoms with Crippen LogP contribution in [0.3, 0.4) is 0 Å². The maximum Gasteiger partial charge on any atom is 0.245 e. The van der Waals surface area contributed by atoms with Gasteiger partial charge in [-0.15, -0.1) is 0 Å². The molecule has 0 atom stereocenters. The minimum Gasteiger partial charge on any atom is -0.313 e. The second-order valence-corrected chi connectivity index (χ2v) is 7.51. The number of halogens is 1. The molecule has 0 aromatic heterocycles. The van der Waals surface area contributed by atoms with Crippen molar-refractivity contribution in [3.05, 3.63) is 29.6 Å². The van der Waals surface area contributed by atoms with Gasteiger partial charge in [-0.1, -0.05) is 19.4 Å². The molecule has 0 amide bonds. The van der Waals surface area contributed by atoms with E-state index in [9.17, 15) is 12.8 Å². The quantitative estimate of drug-likeness (QED) is 0.787. The van der Waals surface area contributed by atoms with E-state index in [1.54, 1.807) is 13.1 Å². The summed E-state index contributed by atoms with van der Waals surface area (Å²) in [6.07, 6.45) is 3.74. The Bertz CT molecular complexity index is 585. The summed E-state index contributed by atoms with van der Waals surface area (Å²) < 4.78 is 40.4. The van der Waals surface area contributed by atoms with Crippen LogP contribution in [0.5, 0.6) is 0 Å². The van der Waals surface area contributed by atoms with Gasteiger partial charge in [0, 0.05) is 19.6 Å². The molecule has 118 valence electrons. The van der Waals surface area contributed by atoms with Crippen LogP contribution in [0, 0.1) is 5.82 Å². The molecule has 0 unspecified atom stereocenters. The zero-order valence-corrected chi connectivity index (χ0v) is 13.4. The Balaban J connectivity index is 2.22. The van der Waals surface area contributed by atoms with E-state index in [-0.39, 0.29) is 10.9 Å². The van der Waals surface area contributed by atoms with Gasteiger partial charge in [-0.05, 0) is 43.5 Å². The molecule has 0 heterocycles. The molecule has 1 N–H and O–H groups in total. The summed E-state index contributed by atoms with van der Waals surface area (Å²) in [4.78, 5) is -0.215. The van der Waals surface area contributed by atoms with Gasteiger partial charge in [0.25, 0.3) is 0 Å². The second kappa shape index (κ2) is 6.85. The largest absolute Gasteiger partial charge is 0.313 e. The van der Waals surface area contributed by atoms with Crippen molar-refractivity contribution in [3.63, 3.8) is 0 Å². The van der Waals surface area contributed by atoms with Crippen molar-refractivity contribution in [2.24, 2.45) is 0 Å². The van der Waals surface area contributed by atoms with Crippen molar-refractivity contribution < 1.29 is 12.8 Å². The number of benzene rings is 1. The van der Waals surface area contributed by atoms with E-state index in [1.165, 1.54) is 16.4 Å². The molecule has 1 saturated carbocycles. The lowest BCUT2D eigenvalue weighted by atomic mass is 9.94. The molecule has 1 fully saturated rings. The Labute approximate surface area is 126 Å². The average Bonchev–Trinajstić information content (AvgIpc) is 2.38. The van der Waals surface area contributed by atoms with Crippen LogP contribution in [0.2, 0.25) is 0 Å². The molecule has 2 rings (SSSR count). The predicted octanol–water partition coefficient (Wildman–Crippen LogP) is 2.50. The van der Waals surface area contributed by atoms with Gasteiger partial charge in [0.2, 0.25) is 10.0 Å². The van der Waals surface area contributed by atoms with Gasteiger partial charge in [-0.25, -0.2) is 12.8 Å². The van der Waals surface area contributed by atoms with Crippen LogP contribution in [0.1, 0.15) is 38.2 Å². The highest BCUT2D eigenvalue weighted by atomic mass is 32.2. The molecule has 1 aromatic rings. The fourth-order valence-electron chi connectivity index (χ4n) is 2.37. The van der Waals surface area contributed by atoms with Crippen LogP contribution < -0.4 is 5.32 Å². The molecular formula is C15H23FN2O2S. The first-order valence-corrected chi connectivity index (χ1v) is 8.88. The molecule has 0 bridgehead atoms. The number of hydrogen-bond acceptors (Lipinski definition) is 3. The summed E-state index contributed by atoms with van der Waals surface area (Å²) >= 11 is 0. The van der Waals surface area contributed by atoms with Gasteiger partial charge >= 0.3 is 0 Å². The van der Waals surface area contributed by atoms with Gasteiger partial charge in [0.05, 0.1) is 0 Å². The number of rotatable bonds is 7. The van der Waals surface area contributed by atoms with Crippen molar-refractivity contribution in [2.75, 3.05) is 13.6 Å². The van der Waals surface area contributed by atoms with Gasteiger partial charge in [-0.3, -0.25) is 0 Å². The minimum atomic E-state index is -3.75. The van der Waals surface area contributed by atoms with Crippen molar-refractivity contribution in [3.8, 4) is 0 Å². The first-order chi connectivity index (χ1) is 9.96. The summed E-state index contributed by atoms with van der Waals surface area (Å²) in [5.41, 5.74) is 0.783. The number of sulfonamides is 1. The summed E-state index contributed by atoms with van der Waals surface area (Å²) in [5.74, 6) is -0.680. The average molecular weight is 314 g/mol. The Morgan fingerprint density at radius 1 is 1.38 bits per heavy atom. The van der Waals surface area contributed by atoms with Crippen LogP contribution in [0.15, 0.2) is 23.1 Å². The number of nitrogens with one attached hydrogen (secondary N) is 1. The molecule has 0 spiro atoms. The lowest BCUT2D eigenvalue weighted by Gasteiger charge is -2.33. The van der Waals surface area contributed by atoms with Crippen LogP contribution in [0.4, 0.5) is 4.39 Å². The monoisotopic (exact) mass is 314 g/mol. The van der Waals surface area contributed by atoms with Gasteiger partial charge < -0.3 is 5.32 Å². The topological polar surface area (TPSA) is 49.4 Å². The third-order valence-electron chi connectivity index (χ3n) is 4.00. The molecule has 1 aliphatic carbocycles. The predicted molar refractivity (Wildman–Crippen MR) is 81.0 cm³/mol. The first kappa shape index (κ1) is 16.4. The van der Waals surface area contributed by atoms with Crippen LogP contribution in [-0.2, 0) is 16.6 Å². The second-order valence-electron chi connectivity index (χ2n) is 5.55. The number of hydrogen-bond donors (Lipinski definition) is 1. The highest BCUT2D eigenvalue weighted by Gasteiger charge is 2.33.